The van der Waals surface area contributed by atoms with E-state index in [-0.39, 0.29) is 17.7 Å². The fourth-order valence-corrected chi connectivity index (χ4v) is 3.21. The van der Waals surface area contributed by atoms with Gasteiger partial charge in [-0.3, -0.25) is 4.90 Å². The van der Waals surface area contributed by atoms with Crippen LogP contribution in [0.4, 0.5) is 8.78 Å². The van der Waals surface area contributed by atoms with E-state index in [0.29, 0.717) is 11.5 Å². The third kappa shape index (κ3) is 2.65. The van der Waals surface area contributed by atoms with Crippen molar-refractivity contribution in [2.45, 2.75) is 25.3 Å². The van der Waals surface area contributed by atoms with E-state index >= 15 is 0 Å². The topological polar surface area (TPSA) is 15.3 Å². The van der Waals surface area contributed by atoms with Gasteiger partial charge in [0.2, 0.25) is 0 Å². The Labute approximate surface area is 112 Å². The van der Waals surface area contributed by atoms with Crippen molar-refractivity contribution in [3.8, 4) is 0 Å². The lowest BCUT2D eigenvalue weighted by Crippen LogP contribution is -2.48. The maximum atomic E-state index is 14.1. The Morgan fingerprint density at radius 1 is 1.16 bits per heavy atom. The van der Waals surface area contributed by atoms with Crippen LogP contribution in [0, 0.1) is 17.6 Å². The van der Waals surface area contributed by atoms with Crippen LogP contribution in [0.1, 0.15) is 30.9 Å². The first-order valence-corrected chi connectivity index (χ1v) is 7.15. The van der Waals surface area contributed by atoms with Gasteiger partial charge >= 0.3 is 0 Å². The highest BCUT2D eigenvalue weighted by atomic mass is 19.1. The Hall–Kier alpha value is -1.00. The molecule has 1 aliphatic carbocycles. The lowest BCUT2D eigenvalue weighted by molar-refractivity contribution is 0.0809. The maximum Gasteiger partial charge on any atom is 0.128 e. The molecular formula is C15H20F2N2. The molecule has 2 aliphatic rings. The normalized spacial score (nSPS) is 23.1. The molecule has 0 radical (unpaired) electrons. The molecule has 1 saturated carbocycles. The second-order valence-corrected chi connectivity index (χ2v) is 5.59. The van der Waals surface area contributed by atoms with Crippen LogP contribution in [0.25, 0.3) is 0 Å². The first-order chi connectivity index (χ1) is 9.25. The predicted molar refractivity (Wildman–Crippen MR) is 70.9 cm³/mol. The SMILES string of the molecule is Fc1ccc(F)c([C@H](C2CCC2)N2CCNCC2)c1. The van der Waals surface area contributed by atoms with E-state index in [9.17, 15) is 8.78 Å². The summed E-state index contributed by atoms with van der Waals surface area (Å²) in [5.74, 6) is -0.123. The van der Waals surface area contributed by atoms with Crippen LogP contribution in [0.5, 0.6) is 0 Å². The Bertz CT molecular complexity index is 440. The molecule has 0 bridgehead atoms. The first kappa shape index (κ1) is 13.0. The van der Waals surface area contributed by atoms with Gasteiger partial charge in [-0.1, -0.05) is 6.42 Å². The quantitative estimate of drug-likeness (QED) is 0.905. The molecule has 19 heavy (non-hydrogen) atoms. The summed E-state index contributed by atoms with van der Waals surface area (Å²) in [4.78, 5) is 2.32. The van der Waals surface area contributed by atoms with Crippen LogP contribution in [0.15, 0.2) is 18.2 Å². The van der Waals surface area contributed by atoms with Crippen molar-refractivity contribution in [2.75, 3.05) is 26.2 Å². The molecule has 0 aromatic heterocycles. The van der Waals surface area contributed by atoms with Crippen molar-refractivity contribution in [2.24, 2.45) is 5.92 Å². The van der Waals surface area contributed by atoms with Crippen LogP contribution in [0.3, 0.4) is 0 Å². The van der Waals surface area contributed by atoms with E-state index in [2.05, 4.69) is 10.2 Å². The number of nitrogens with one attached hydrogen (secondary N) is 1. The van der Waals surface area contributed by atoms with Gasteiger partial charge in [-0.2, -0.15) is 0 Å². The molecule has 2 fully saturated rings. The fourth-order valence-electron chi connectivity index (χ4n) is 3.21. The summed E-state index contributed by atoms with van der Waals surface area (Å²) >= 11 is 0. The lowest BCUT2D eigenvalue weighted by atomic mass is 9.76. The molecule has 1 aromatic carbocycles. The fraction of sp³-hybridized carbons (Fsp3) is 0.600. The highest BCUT2D eigenvalue weighted by Crippen LogP contribution is 2.42. The molecule has 1 heterocycles. The minimum atomic E-state index is -0.337. The van der Waals surface area contributed by atoms with Gasteiger partial charge in [0, 0.05) is 37.8 Å². The zero-order valence-corrected chi connectivity index (χ0v) is 11.0. The van der Waals surface area contributed by atoms with Crippen molar-refractivity contribution < 1.29 is 8.78 Å². The summed E-state index contributed by atoms with van der Waals surface area (Å²) in [6.45, 7) is 3.69. The molecule has 0 amide bonds. The van der Waals surface area contributed by atoms with Crippen LogP contribution in [0.2, 0.25) is 0 Å². The number of piperazine rings is 1. The van der Waals surface area contributed by atoms with Gasteiger partial charge in [0.15, 0.2) is 0 Å². The summed E-state index contributed by atoms with van der Waals surface area (Å²) in [7, 11) is 0. The largest absolute Gasteiger partial charge is 0.314 e. The smallest absolute Gasteiger partial charge is 0.128 e. The predicted octanol–water partition coefficient (Wildman–Crippen LogP) is 2.71. The van der Waals surface area contributed by atoms with Gasteiger partial charge in [0.1, 0.15) is 11.6 Å². The third-order valence-corrected chi connectivity index (χ3v) is 4.42. The van der Waals surface area contributed by atoms with E-state index in [4.69, 9.17) is 0 Å². The molecule has 1 N–H and O–H groups in total. The highest BCUT2D eigenvalue weighted by Gasteiger charge is 2.35. The molecule has 1 aliphatic heterocycles. The summed E-state index contributed by atoms with van der Waals surface area (Å²) in [5, 5.41) is 3.31. The summed E-state index contributed by atoms with van der Waals surface area (Å²) < 4.78 is 27.5. The van der Waals surface area contributed by atoms with Crippen LogP contribution >= 0.6 is 0 Å². The molecule has 104 valence electrons. The van der Waals surface area contributed by atoms with Crippen molar-refractivity contribution in [3.05, 3.63) is 35.4 Å². The first-order valence-electron chi connectivity index (χ1n) is 7.15. The number of hydrogen-bond acceptors (Lipinski definition) is 2. The van der Waals surface area contributed by atoms with Crippen LogP contribution < -0.4 is 5.32 Å². The minimum Gasteiger partial charge on any atom is -0.314 e. The Kier molecular flexibility index (Phi) is 3.80. The number of hydrogen-bond donors (Lipinski definition) is 1. The molecule has 0 spiro atoms. The van der Waals surface area contributed by atoms with Gasteiger partial charge in [-0.25, -0.2) is 8.78 Å². The second-order valence-electron chi connectivity index (χ2n) is 5.59. The van der Waals surface area contributed by atoms with E-state index in [1.54, 1.807) is 0 Å². The van der Waals surface area contributed by atoms with Gasteiger partial charge in [-0.15, -0.1) is 0 Å². The molecule has 3 rings (SSSR count). The summed E-state index contributed by atoms with van der Waals surface area (Å²) in [6, 6.07) is 3.90. The number of nitrogens with zero attached hydrogens (tertiary/aromatic N) is 1. The molecule has 1 aromatic rings. The second kappa shape index (κ2) is 5.55. The van der Waals surface area contributed by atoms with Gasteiger partial charge in [0.05, 0.1) is 0 Å². The van der Waals surface area contributed by atoms with E-state index in [1.165, 1.54) is 24.6 Å². The molecule has 0 unspecified atom stereocenters. The van der Waals surface area contributed by atoms with E-state index in [0.717, 1.165) is 39.0 Å². The Morgan fingerprint density at radius 3 is 2.53 bits per heavy atom. The van der Waals surface area contributed by atoms with Gasteiger partial charge in [-0.05, 0) is 37.0 Å². The number of benzene rings is 1. The van der Waals surface area contributed by atoms with Crippen molar-refractivity contribution in [1.29, 1.82) is 0 Å². The molecular weight excluding hydrogens is 246 g/mol. The van der Waals surface area contributed by atoms with Crippen molar-refractivity contribution >= 4 is 0 Å². The lowest BCUT2D eigenvalue weighted by Gasteiger charge is -2.43. The molecule has 1 saturated heterocycles. The monoisotopic (exact) mass is 266 g/mol. The van der Waals surface area contributed by atoms with Crippen molar-refractivity contribution in [1.82, 2.24) is 10.2 Å². The number of rotatable bonds is 3. The molecule has 2 nitrogen and oxygen atoms in total. The van der Waals surface area contributed by atoms with Crippen LogP contribution in [-0.4, -0.2) is 31.1 Å². The summed E-state index contributed by atoms with van der Waals surface area (Å²) in [5.41, 5.74) is 0.548. The summed E-state index contributed by atoms with van der Waals surface area (Å²) in [6.07, 6.45) is 3.47. The minimum absolute atomic E-state index is 0.0477. The maximum absolute atomic E-state index is 14.1. The molecule has 4 heteroatoms. The Morgan fingerprint density at radius 2 is 1.89 bits per heavy atom. The zero-order chi connectivity index (χ0) is 13.2. The number of halogens is 2. The Balaban J connectivity index is 1.90. The van der Waals surface area contributed by atoms with Gasteiger partial charge < -0.3 is 5.32 Å². The van der Waals surface area contributed by atoms with Crippen LogP contribution in [-0.2, 0) is 0 Å². The molecule has 1 atom stereocenters. The highest BCUT2D eigenvalue weighted by molar-refractivity contribution is 5.24. The third-order valence-electron chi connectivity index (χ3n) is 4.42. The average molecular weight is 266 g/mol. The standard InChI is InChI=1S/C15H20F2N2/c16-12-4-5-14(17)13(10-12)15(11-2-1-3-11)19-8-6-18-7-9-19/h4-5,10-11,15,18H,1-3,6-9H2/t15-/m0/s1. The van der Waals surface area contributed by atoms with E-state index < -0.39 is 0 Å². The zero-order valence-electron chi connectivity index (χ0n) is 11.0. The van der Waals surface area contributed by atoms with Gasteiger partial charge in [0.25, 0.3) is 0 Å². The van der Waals surface area contributed by atoms with Crippen molar-refractivity contribution in [3.63, 3.8) is 0 Å². The average Bonchev–Trinajstić information content (AvgIpc) is 2.38. The van der Waals surface area contributed by atoms with E-state index in [1.807, 2.05) is 0 Å².